The molecule has 0 radical (unpaired) electrons. The van der Waals surface area contributed by atoms with Crippen molar-refractivity contribution in [3.63, 3.8) is 0 Å². The van der Waals surface area contributed by atoms with Gasteiger partial charge in [-0.2, -0.15) is 0 Å². The maximum Gasteiger partial charge on any atom is 0.343 e. The highest BCUT2D eigenvalue weighted by molar-refractivity contribution is 6.05. The van der Waals surface area contributed by atoms with Crippen LogP contribution in [0.3, 0.4) is 0 Å². The van der Waals surface area contributed by atoms with Crippen molar-refractivity contribution in [1.82, 2.24) is 14.6 Å². The van der Waals surface area contributed by atoms with Gasteiger partial charge in [-0.05, 0) is 67.2 Å². The first kappa shape index (κ1) is 21.3. The van der Waals surface area contributed by atoms with E-state index in [4.69, 9.17) is 16.0 Å². The Balaban J connectivity index is 1.50. The molecule has 3 aliphatic rings. The summed E-state index contributed by atoms with van der Waals surface area (Å²) >= 11 is 0. The molecule has 8 heteroatoms. The fourth-order valence-corrected chi connectivity index (χ4v) is 5.41. The van der Waals surface area contributed by atoms with Crippen molar-refractivity contribution in [3.8, 4) is 5.88 Å². The van der Waals surface area contributed by atoms with Gasteiger partial charge < -0.3 is 9.47 Å². The predicted molar refractivity (Wildman–Crippen MR) is 121 cm³/mol. The maximum absolute atomic E-state index is 13.3. The van der Waals surface area contributed by atoms with Gasteiger partial charge in [0, 0.05) is 0 Å². The van der Waals surface area contributed by atoms with E-state index in [0.717, 1.165) is 30.4 Å². The summed E-state index contributed by atoms with van der Waals surface area (Å²) in [6.45, 7) is 15.9. The monoisotopic (exact) mass is 446 g/mol. The van der Waals surface area contributed by atoms with Gasteiger partial charge in [0.15, 0.2) is 5.65 Å². The van der Waals surface area contributed by atoms with Crippen LogP contribution in [0.25, 0.3) is 10.5 Å². The molecule has 3 aromatic rings. The predicted octanol–water partition coefficient (Wildman–Crippen LogP) is 4.87. The summed E-state index contributed by atoms with van der Waals surface area (Å²) in [7, 11) is 0. The van der Waals surface area contributed by atoms with Crippen molar-refractivity contribution < 1.29 is 19.1 Å². The number of hydrogen-bond acceptors (Lipinski definition) is 5. The molecule has 6 rings (SSSR count). The van der Waals surface area contributed by atoms with E-state index in [9.17, 15) is 9.59 Å². The highest BCUT2D eigenvalue weighted by atomic mass is 16.6. The number of nitrogens with one attached hydrogen (secondary N) is 1. The third-order valence-corrected chi connectivity index (χ3v) is 6.74. The van der Waals surface area contributed by atoms with Crippen LogP contribution in [0.1, 0.15) is 71.3 Å². The molecule has 0 amide bonds. The van der Waals surface area contributed by atoms with Crippen LogP contribution in [0.15, 0.2) is 18.2 Å². The number of nitrogens with zero attached hydrogens (tertiary/aromatic N) is 3. The highest BCUT2D eigenvalue weighted by Crippen LogP contribution is 2.40. The van der Waals surface area contributed by atoms with Gasteiger partial charge in [0.05, 0.1) is 12.1 Å². The number of aryl methyl sites for hydroxylation is 1. The van der Waals surface area contributed by atoms with Gasteiger partial charge in [-0.1, -0.05) is 26.8 Å². The second-order valence-electron chi connectivity index (χ2n) is 9.61. The van der Waals surface area contributed by atoms with Crippen LogP contribution >= 0.6 is 0 Å². The summed E-state index contributed by atoms with van der Waals surface area (Å²) in [5.74, 6) is 0.277. The number of aromatic amines is 1. The molecule has 2 bridgehead atoms. The van der Waals surface area contributed by atoms with Crippen molar-refractivity contribution in [1.29, 1.82) is 0 Å². The summed E-state index contributed by atoms with van der Waals surface area (Å²) in [4.78, 5) is 34.1. The smallest absolute Gasteiger partial charge is 0.343 e. The van der Waals surface area contributed by atoms with Gasteiger partial charge in [-0.15, -0.1) is 0 Å². The molecule has 8 nitrogen and oxygen atoms in total. The van der Waals surface area contributed by atoms with Gasteiger partial charge in [0.1, 0.15) is 17.5 Å². The molecule has 1 N–H and O–H groups in total. The lowest BCUT2D eigenvalue weighted by Gasteiger charge is -2.37. The van der Waals surface area contributed by atoms with Crippen LogP contribution in [-0.2, 0) is 11.2 Å². The van der Waals surface area contributed by atoms with Crippen molar-refractivity contribution >= 4 is 23.3 Å². The number of fused-ring (bicyclic) bond motifs is 3. The first-order valence-electron chi connectivity index (χ1n) is 11.3. The lowest BCUT2D eigenvalue weighted by molar-refractivity contribution is -0.0249. The highest BCUT2D eigenvalue weighted by Gasteiger charge is 2.37. The summed E-state index contributed by atoms with van der Waals surface area (Å²) in [5, 5.41) is 2.96. The van der Waals surface area contributed by atoms with E-state index in [2.05, 4.69) is 35.7 Å². The third kappa shape index (κ3) is 3.58. The third-order valence-electron chi connectivity index (χ3n) is 6.74. The number of ether oxygens (including phenoxy) is 2. The molecule has 2 atom stereocenters. The molecule has 1 saturated carbocycles. The largest absolute Gasteiger partial charge is 0.459 e. The number of H-pyrrole nitrogens is 1. The topological polar surface area (TPSA) is 90.1 Å². The molecule has 0 aliphatic heterocycles. The van der Waals surface area contributed by atoms with Crippen molar-refractivity contribution in [2.24, 2.45) is 17.8 Å². The Labute approximate surface area is 191 Å². The summed E-state index contributed by atoms with van der Waals surface area (Å²) in [6, 6.07) is 5.56. The van der Waals surface area contributed by atoms with E-state index >= 15 is 0 Å². The standard InChI is InChI=1S/C25H26N4O4/c1-12-6-13(2)21(14(3)7-12)32-25(31)19-20(26-5)23(29-22(19)27-15(4)28-29)33-24(30)18-10-16-8-17(9-16)11-18/h8,10-14,21H,6-7,9H2,1-4H3,(H,27,28). The average Bonchev–Trinajstić information content (AvgIpc) is 3.25. The Bertz CT molecular complexity index is 1300. The SMILES string of the molecule is [C-]#[N+]c1c(C(=O)OC2C(C)CC(C)CC2C)c2nc(C)[nH]n2c1OC(=O)c1cc2cc(c1)C2. The van der Waals surface area contributed by atoms with Gasteiger partial charge in [-0.3, -0.25) is 5.10 Å². The molecule has 0 spiro atoms. The summed E-state index contributed by atoms with van der Waals surface area (Å²) in [6.07, 6.45) is 2.57. The molecule has 2 unspecified atom stereocenters. The van der Waals surface area contributed by atoms with Gasteiger partial charge >= 0.3 is 11.9 Å². The van der Waals surface area contributed by atoms with Crippen LogP contribution in [0.5, 0.6) is 5.88 Å². The lowest BCUT2D eigenvalue weighted by atomic mass is 9.75. The minimum absolute atomic E-state index is 0.0247. The Morgan fingerprint density at radius 2 is 1.76 bits per heavy atom. The summed E-state index contributed by atoms with van der Waals surface area (Å²) in [5.41, 5.74) is 2.71. The number of aromatic nitrogens is 3. The van der Waals surface area contributed by atoms with Crippen LogP contribution in [0, 0.1) is 31.2 Å². The number of carbonyl (C=O) groups excluding carboxylic acids is 2. The zero-order valence-corrected chi connectivity index (χ0v) is 19.1. The first-order valence-corrected chi connectivity index (χ1v) is 11.3. The minimum Gasteiger partial charge on any atom is -0.459 e. The number of esters is 2. The van der Waals surface area contributed by atoms with Crippen LogP contribution in [0.4, 0.5) is 5.69 Å². The van der Waals surface area contributed by atoms with Gasteiger partial charge in [0.2, 0.25) is 5.88 Å². The van der Waals surface area contributed by atoms with Crippen LogP contribution in [-0.4, -0.2) is 32.6 Å². The maximum atomic E-state index is 13.3. The van der Waals surface area contributed by atoms with E-state index < -0.39 is 11.9 Å². The van der Waals surface area contributed by atoms with E-state index in [1.165, 1.54) is 4.52 Å². The Morgan fingerprint density at radius 3 is 2.36 bits per heavy atom. The minimum atomic E-state index is -0.615. The second kappa shape index (κ2) is 7.77. The molecule has 3 aliphatic carbocycles. The molecule has 1 aromatic carbocycles. The Hall–Kier alpha value is -3.60. The van der Waals surface area contributed by atoms with E-state index in [0.29, 0.717) is 17.3 Å². The number of benzene rings is 1. The molecule has 0 saturated heterocycles. The normalized spacial score (nSPS) is 23.6. The molecule has 1 fully saturated rings. The zero-order chi connectivity index (χ0) is 23.4. The number of carbonyl (C=O) groups is 2. The van der Waals surface area contributed by atoms with Crippen LogP contribution in [0.2, 0.25) is 0 Å². The Morgan fingerprint density at radius 1 is 1.12 bits per heavy atom. The molecular formula is C25H26N4O4. The van der Waals surface area contributed by atoms with E-state index in [1.54, 1.807) is 19.1 Å². The van der Waals surface area contributed by atoms with Crippen molar-refractivity contribution in [2.75, 3.05) is 0 Å². The van der Waals surface area contributed by atoms with Crippen LogP contribution < -0.4 is 4.74 Å². The second-order valence-corrected chi connectivity index (χ2v) is 9.61. The molecule has 170 valence electrons. The van der Waals surface area contributed by atoms with Gasteiger partial charge in [-0.25, -0.2) is 23.9 Å². The fourth-order valence-electron chi connectivity index (χ4n) is 5.41. The molecular weight excluding hydrogens is 420 g/mol. The average molecular weight is 447 g/mol. The fraction of sp³-hybridized carbons (Fsp3) is 0.440. The van der Waals surface area contributed by atoms with E-state index in [-0.39, 0.29) is 40.7 Å². The molecule has 33 heavy (non-hydrogen) atoms. The summed E-state index contributed by atoms with van der Waals surface area (Å²) < 4.78 is 13.0. The molecule has 2 heterocycles. The van der Waals surface area contributed by atoms with Gasteiger partial charge in [0.25, 0.3) is 5.69 Å². The number of hydrogen-bond donors (Lipinski definition) is 1. The van der Waals surface area contributed by atoms with E-state index in [1.807, 2.05) is 6.07 Å². The Kier molecular flexibility index (Phi) is 5.00. The first-order chi connectivity index (χ1) is 15.7. The quantitative estimate of drug-likeness (QED) is 0.357. The van der Waals surface area contributed by atoms with Crippen molar-refractivity contribution in [3.05, 3.63) is 57.7 Å². The lowest BCUT2D eigenvalue weighted by Crippen LogP contribution is -2.37. The number of rotatable bonds is 4. The molecule has 2 aromatic heterocycles. The van der Waals surface area contributed by atoms with Crippen molar-refractivity contribution in [2.45, 2.75) is 53.1 Å². The zero-order valence-electron chi connectivity index (χ0n) is 19.1.